The number of esters is 1. The van der Waals surface area contributed by atoms with Crippen molar-refractivity contribution >= 4 is 69.4 Å². The predicted octanol–water partition coefficient (Wildman–Crippen LogP) is 21.8. The fourth-order valence-electron chi connectivity index (χ4n) is 9.61. The average Bonchev–Trinajstić information content (AvgIpc) is 0.915. The van der Waals surface area contributed by atoms with Gasteiger partial charge < -0.3 is 63.6 Å². The molecule has 8 N–H and O–H groups in total. The van der Waals surface area contributed by atoms with E-state index in [9.17, 15) is 44.7 Å². The van der Waals surface area contributed by atoms with Crippen LogP contribution < -0.4 is 37.7 Å². The number of allylic oxidation sites excluding steroid dienone is 18. The van der Waals surface area contributed by atoms with Gasteiger partial charge in [-0.05, 0) is 145 Å². The first kappa shape index (κ1) is 140. The Balaban J connectivity index is -0.000000112. The van der Waals surface area contributed by atoms with Crippen LogP contribution in [-0.2, 0) is 23.9 Å². The average molecular weight is 1860 g/mol. The Morgan fingerprint density at radius 2 is 0.669 bits per heavy atom. The van der Waals surface area contributed by atoms with Crippen molar-refractivity contribution in [2.45, 2.75) is 388 Å². The van der Waals surface area contributed by atoms with Crippen molar-refractivity contribution in [1.29, 1.82) is 0 Å². The summed E-state index contributed by atoms with van der Waals surface area (Å²) in [4.78, 5) is 41.3. The maximum Gasteiger partial charge on any atom is 1.00 e. The molecule has 0 saturated carbocycles. The number of carbonyl (C=O) groups is 4. The first-order valence-electron chi connectivity index (χ1n) is 42.8. The maximum atomic E-state index is 10.3. The number of carboxylic acids is 2. The molecule has 118 heavy (non-hydrogen) atoms. The topological polar surface area (TPSA) is 249 Å². The van der Waals surface area contributed by atoms with Gasteiger partial charge in [-0.25, -0.2) is 0 Å². The number of unbranched alkanes of at least 4 members (excludes halogenated alkanes) is 10. The van der Waals surface area contributed by atoms with Crippen LogP contribution in [0.2, 0.25) is 0 Å². The third kappa shape index (κ3) is 106. The Hall–Kier alpha value is -3.95. The van der Waals surface area contributed by atoms with E-state index in [0.717, 1.165) is 141 Å². The zero-order valence-electron chi connectivity index (χ0n) is 79.3. The van der Waals surface area contributed by atoms with Crippen LogP contribution in [0.3, 0.4) is 0 Å². The molecule has 0 aromatic heterocycles. The predicted molar refractivity (Wildman–Crippen MR) is 518 cm³/mol. The van der Waals surface area contributed by atoms with Gasteiger partial charge in [0.15, 0.2) is 0 Å². The third-order valence-electron chi connectivity index (χ3n) is 18.6. The number of aliphatic hydroxyl groups excluding tert-OH is 5. The molecule has 0 aliphatic heterocycles. The molecular formula is C101H174I2Li2O13. The first-order valence-corrected chi connectivity index (χ1v) is 45.3. The van der Waals surface area contributed by atoms with Crippen molar-refractivity contribution in [2.24, 2.45) is 38.4 Å². The second-order valence-electron chi connectivity index (χ2n) is 33.1. The van der Waals surface area contributed by atoms with Crippen LogP contribution in [0.5, 0.6) is 0 Å². The molecule has 0 aliphatic carbocycles. The van der Waals surface area contributed by atoms with Crippen molar-refractivity contribution in [3.8, 4) is 31.1 Å². The first-order chi connectivity index (χ1) is 54.1. The van der Waals surface area contributed by atoms with Crippen molar-refractivity contribution in [1.82, 2.24) is 0 Å². The number of aldehydes is 1. The summed E-state index contributed by atoms with van der Waals surface area (Å²) in [6.07, 6.45) is 95.6. The summed E-state index contributed by atoms with van der Waals surface area (Å²) in [5.41, 5.74) is -0.301. The SMILES string of the molecule is C#CC(O)C(C)(C)CCCC.C#CC/C=C\C/C=C\CCCC.CCCCC(C)(C)C(O)/C=C/C=C\C/C=C\C/C=C\CCCC(=O)O.CCCCC(C)(C)C(O)/C=C/C=C\C/C=C\C/C=C\CCCC(=O)O.CCCCC(C)(C)C(O)/C=C/I.CCCCC(C)(C)C(O)/C=C/I.CCCCC(C)(C)C=O.COC(=O)C(C)C.[C-]#C.[Li+].[Li+].[OH-]. The fraction of sp³-hybridized carbons (Fsp3) is 0.663. The molecular weight excluding hydrogens is 1690 g/mol. The summed E-state index contributed by atoms with van der Waals surface area (Å²) in [5.74, 6) is 3.33. The largest absolute Gasteiger partial charge is 1.00 e. The van der Waals surface area contributed by atoms with Crippen LogP contribution in [0.25, 0.3) is 0 Å². The number of hydrogen-bond acceptors (Lipinski definition) is 11. The Morgan fingerprint density at radius 3 is 0.915 bits per heavy atom. The summed E-state index contributed by atoms with van der Waals surface area (Å²) >= 11 is 4.28. The summed E-state index contributed by atoms with van der Waals surface area (Å²) in [6, 6.07) is 0. The van der Waals surface area contributed by atoms with Crippen molar-refractivity contribution in [3.05, 3.63) is 148 Å². The van der Waals surface area contributed by atoms with Gasteiger partial charge in [0.2, 0.25) is 0 Å². The van der Waals surface area contributed by atoms with Crippen molar-refractivity contribution < 1.29 is 103 Å². The molecule has 0 heterocycles. The minimum absolute atomic E-state index is 0. The number of ether oxygens (including phenoxy) is 1. The Morgan fingerprint density at radius 1 is 0.407 bits per heavy atom. The van der Waals surface area contributed by atoms with E-state index in [4.69, 9.17) is 29.5 Å². The Kier molecular flexibility index (Phi) is 117. The fourth-order valence-corrected chi connectivity index (χ4v) is 10.4. The molecule has 0 fully saturated rings. The molecule has 0 aromatic carbocycles. The maximum absolute atomic E-state index is 10.3. The molecule has 0 aromatic rings. The number of carbonyl (C=O) groups excluding carboxylic acids is 2. The van der Waals surface area contributed by atoms with Crippen LogP contribution >= 0.6 is 45.2 Å². The van der Waals surface area contributed by atoms with E-state index in [2.05, 4.69) is 239 Å². The second kappa shape index (κ2) is 98.5. The molecule has 0 bridgehead atoms. The number of hydrogen-bond donors (Lipinski definition) is 7. The summed E-state index contributed by atoms with van der Waals surface area (Å²) in [7, 11) is 1.39. The normalized spacial score (nSPS) is 13.1. The second-order valence-corrected chi connectivity index (χ2v) is 34.5. The summed E-state index contributed by atoms with van der Waals surface area (Å²) in [5, 5.41) is 66.3. The smallest absolute Gasteiger partial charge is 0.870 e. The van der Waals surface area contributed by atoms with Gasteiger partial charge in [-0.2, -0.15) is 0 Å². The van der Waals surface area contributed by atoms with Gasteiger partial charge >= 0.3 is 55.6 Å². The van der Waals surface area contributed by atoms with Crippen LogP contribution in [0.1, 0.15) is 357 Å². The molecule has 0 amide bonds. The van der Waals surface area contributed by atoms with Gasteiger partial charge in [-0.3, -0.25) is 14.4 Å². The van der Waals surface area contributed by atoms with Gasteiger partial charge in [0.05, 0.1) is 37.4 Å². The van der Waals surface area contributed by atoms with E-state index >= 15 is 0 Å². The van der Waals surface area contributed by atoms with Crippen molar-refractivity contribution in [3.63, 3.8) is 0 Å². The number of carboxylic acid groups (broad SMARTS) is 2. The standard InChI is InChI=1S/2C22H36O3.C12H18.2C10H19IO.C10H18O.C8H16O.C5H10O2.C2H.2Li.H2O/c2*1-4-5-19-22(2,3)20(23)17-15-13-11-9-7-6-8-10-12-14-16-18-21(24)25;1-3-5-7-9-11-12-10-8-6-4-2;2*1-4-5-7-10(2,3)9(12)6-8-11;1-5-7-8-10(3,4)9(11)6-2;1-4-5-6-8(2,3)7-9;1-4(2)5(6)7-3;1-2;;;/h2*6-7,10-13,15,17,20,23H,4-5,8-9,14,16,18-19H2,1-3H3,(H,24,25);1,7,9-10,12H,4-6,8,11H2,2H3;2*6,8-9,12H,4-5,7H2,1-3H3;2,9,11H,5,7-8H2,1,3-4H3;7H,4-6H2,1-3H3;4H,1-3H3;1H;;;1H2/q;;;;;;;;-1;2*+1;/p-1/b2*7-6-,12-10-,13-11-,17-15+;9-7-,12-10-;2*8-6+;;;;;;;. The summed E-state index contributed by atoms with van der Waals surface area (Å²) < 4.78 is 8.14. The van der Waals surface area contributed by atoms with Gasteiger partial charge in [0, 0.05) is 30.1 Å². The van der Waals surface area contributed by atoms with E-state index in [-0.39, 0.29) is 113 Å². The molecule has 0 spiro atoms. The molecule has 5 unspecified atom stereocenters. The van der Waals surface area contributed by atoms with Crippen LogP contribution in [0, 0.1) is 75.9 Å². The van der Waals surface area contributed by atoms with Crippen LogP contribution in [0.4, 0.5) is 0 Å². The molecule has 0 aliphatic rings. The quantitative estimate of drug-likeness (QED) is 0.00345. The van der Waals surface area contributed by atoms with E-state index in [1.807, 2.05) is 103 Å². The van der Waals surface area contributed by atoms with Gasteiger partial charge in [0.25, 0.3) is 0 Å². The van der Waals surface area contributed by atoms with E-state index in [0.29, 0.717) is 12.8 Å². The van der Waals surface area contributed by atoms with E-state index < -0.39 is 30.3 Å². The zero-order chi connectivity index (χ0) is 90.3. The van der Waals surface area contributed by atoms with Crippen LogP contribution in [0.15, 0.2) is 142 Å². The third-order valence-corrected chi connectivity index (χ3v) is 19.4. The van der Waals surface area contributed by atoms with E-state index in [1.165, 1.54) is 58.5 Å². The molecule has 0 saturated heterocycles. The number of rotatable bonds is 53. The number of halogens is 2. The number of methoxy groups -OCH3 is 1. The Bertz CT molecular complexity index is 2620. The van der Waals surface area contributed by atoms with Crippen LogP contribution in [-0.4, -0.2) is 103 Å². The molecule has 0 radical (unpaired) electrons. The minimum atomic E-state index is -0.730. The summed E-state index contributed by atoms with van der Waals surface area (Å²) in [6.45, 7) is 43.7. The number of terminal acetylenes is 3. The Labute approximate surface area is 778 Å². The molecule has 13 nitrogen and oxygen atoms in total. The van der Waals surface area contributed by atoms with E-state index in [1.54, 1.807) is 13.8 Å². The minimum Gasteiger partial charge on any atom is -0.870 e. The monoisotopic (exact) mass is 1860 g/mol. The number of aliphatic hydroxyl groups is 5. The number of aliphatic carboxylic acids is 2. The molecule has 17 heteroatoms. The van der Waals surface area contributed by atoms with Gasteiger partial charge in [0.1, 0.15) is 12.4 Å². The molecule has 0 rings (SSSR count). The zero-order valence-corrected chi connectivity index (χ0v) is 83.7. The molecule has 672 valence electrons. The van der Waals surface area contributed by atoms with Crippen molar-refractivity contribution in [2.75, 3.05) is 7.11 Å². The van der Waals surface area contributed by atoms with Gasteiger partial charge in [-0.1, -0.05) is 408 Å². The van der Waals surface area contributed by atoms with Gasteiger partial charge in [-0.15, -0.1) is 18.8 Å². The molecule has 5 atom stereocenters.